The van der Waals surface area contributed by atoms with Crippen LogP contribution in [-0.4, -0.2) is 5.91 Å². The number of anilines is 2. The van der Waals surface area contributed by atoms with Gasteiger partial charge >= 0.3 is 0 Å². The molecule has 2 rings (SSSR count). The van der Waals surface area contributed by atoms with Crippen LogP contribution in [-0.2, 0) is 11.2 Å². The molecule has 5 heteroatoms. The first-order valence-electron chi connectivity index (χ1n) is 5.92. The van der Waals surface area contributed by atoms with Crippen LogP contribution in [0.4, 0.5) is 15.8 Å². The summed E-state index contributed by atoms with van der Waals surface area (Å²) < 4.78 is 13.1. The van der Waals surface area contributed by atoms with Crippen LogP contribution in [0.15, 0.2) is 42.5 Å². The predicted molar refractivity (Wildman–Crippen MR) is 74.3 cm³/mol. The highest BCUT2D eigenvalue weighted by Gasteiger charge is 2.07. The van der Waals surface area contributed by atoms with Gasteiger partial charge in [-0.25, -0.2) is 4.39 Å². The number of amides is 1. The third-order valence-corrected chi connectivity index (χ3v) is 2.71. The highest BCUT2D eigenvalue weighted by molar-refractivity contribution is 5.92. The molecule has 4 nitrogen and oxygen atoms in total. The number of carbonyl (C=O) groups is 1. The Hall–Kier alpha value is -2.87. The molecule has 0 aliphatic carbocycles. The minimum atomic E-state index is -0.607. The van der Waals surface area contributed by atoms with Gasteiger partial charge in [0, 0.05) is 11.4 Å². The van der Waals surface area contributed by atoms with E-state index in [1.807, 2.05) is 0 Å². The van der Waals surface area contributed by atoms with Crippen molar-refractivity contribution in [3.63, 3.8) is 0 Å². The molecule has 100 valence electrons. The molecule has 0 heterocycles. The fraction of sp³-hybridized carbons (Fsp3) is 0.0667. The molecule has 3 N–H and O–H groups in total. The van der Waals surface area contributed by atoms with Crippen molar-refractivity contribution in [2.24, 2.45) is 0 Å². The van der Waals surface area contributed by atoms with Gasteiger partial charge in [-0.15, -0.1) is 0 Å². The topological polar surface area (TPSA) is 78.9 Å². The van der Waals surface area contributed by atoms with Crippen molar-refractivity contribution in [1.82, 2.24) is 0 Å². The molecule has 0 bridgehead atoms. The van der Waals surface area contributed by atoms with Crippen LogP contribution in [0.1, 0.15) is 11.1 Å². The van der Waals surface area contributed by atoms with Crippen molar-refractivity contribution in [2.75, 3.05) is 11.1 Å². The summed E-state index contributed by atoms with van der Waals surface area (Å²) in [6.45, 7) is 0. The molecule has 0 aromatic heterocycles. The van der Waals surface area contributed by atoms with Crippen LogP contribution >= 0.6 is 0 Å². The summed E-state index contributed by atoms with van der Waals surface area (Å²) in [6, 6.07) is 12.6. The molecule has 0 saturated carbocycles. The van der Waals surface area contributed by atoms with Gasteiger partial charge < -0.3 is 11.1 Å². The summed E-state index contributed by atoms with van der Waals surface area (Å²) in [4.78, 5) is 11.8. The molecule has 2 aromatic carbocycles. The number of nitrogens with two attached hydrogens (primary N) is 1. The Morgan fingerprint density at radius 3 is 2.60 bits per heavy atom. The Labute approximate surface area is 115 Å². The van der Waals surface area contributed by atoms with Gasteiger partial charge in [0.05, 0.1) is 12.0 Å². The molecule has 0 unspecified atom stereocenters. The van der Waals surface area contributed by atoms with Crippen molar-refractivity contribution in [3.05, 3.63) is 59.4 Å². The maximum atomic E-state index is 13.1. The number of nitrogens with zero attached hydrogens (tertiary/aromatic N) is 1. The number of benzene rings is 2. The average molecular weight is 269 g/mol. The van der Waals surface area contributed by atoms with Gasteiger partial charge in [0.15, 0.2) is 0 Å². The number of rotatable bonds is 3. The van der Waals surface area contributed by atoms with Crippen molar-refractivity contribution in [1.29, 1.82) is 5.26 Å². The van der Waals surface area contributed by atoms with E-state index in [2.05, 4.69) is 5.32 Å². The zero-order valence-corrected chi connectivity index (χ0v) is 10.6. The first-order chi connectivity index (χ1) is 9.58. The number of nitriles is 1. The largest absolute Gasteiger partial charge is 0.399 e. The van der Waals surface area contributed by atoms with Crippen molar-refractivity contribution in [2.45, 2.75) is 6.42 Å². The number of nitrogens with one attached hydrogen (secondary N) is 1. The van der Waals surface area contributed by atoms with E-state index in [-0.39, 0.29) is 17.9 Å². The van der Waals surface area contributed by atoms with Crippen molar-refractivity contribution >= 4 is 17.3 Å². The minimum Gasteiger partial charge on any atom is -0.399 e. The fourth-order valence-electron chi connectivity index (χ4n) is 1.71. The molecule has 0 atom stereocenters. The van der Waals surface area contributed by atoms with Gasteiger partial charge in [0.2, 0.25) is 5.91 Å². The second kappa shape index (κ2) is 5.85. The van der Waals surface area contributed by atoms with Crippen molar-refractivity contribution in [3.8, 4) is 6.07 Å². The van der Waals surface area contributed by atoms with E-state index in [1.54, 1.807) is 30.3 Å². The van der Waals surface area contributed by atoms with Crippen LogP contribution < -0.4 is 11.1 Å². The molecule has 20 heavy (non-hydrogen) atoms. The smallest absolute Gasteiger partial charge is 0.228 e. The molecule has 0 radical (unpaired) electrons. The van der Waals surface area contributed by atoms with E-state index in [0.717, 1.165) is 11.6 Å². The van der Waals surface area contributed by atoms with E-state index in [0.29, 0.717) is 11.4 Å². The van der Waals surface area contributed by atoms with E-state index in [1.165, 1.54) is 12.1 Å². The van der Waals surface area contributed by atoms with Gasteiger partial charge in [0.1, 0.15) is 11.9 Å². The second-order valence-corrected chi connectivity index (χ2v) is 4.27. The summed E-state index contributed by atoms with van der Waals surface area (Å²) in [5.41, 5.74) is 7.30. The first kappa shape index (κ1) is 13.6. The van der Waals surface area contributed by atoms with Gasteiger partial charge in [0.25, 0.3) is 0 Å². The fourth-order valence-corrected chi connectivity index (χ4v) is 1.71. The molecular formula is C15H12FN3O. The number of hydrogen-bond donors (Lipinski definition) is 2. The van der Waals surface area contributed by atoms with Crippen LogP contribution in [0.5, 0.6) is 0 Å². The molecule has 0 spiro atoms. The van der Waals surface area contributed by atoms with Crippen LogP contribution in [0.3, 0.4) is 0 Å². The summed E-state index contributed by atoms with van der Waals surface area (Å²) in [5, 5.41) is 11.3. The van der Waals surface area contributed by atoms with E-state index >= 15 is 0 Å². The maximum Gasteiger partial charge on any atom is 0.228 e. The van der Waals surface area contributed by atoms with Gasteiger partial charge in [-0.3, -0.25) is 4.79 Å². The Bertz CT molecular complexity index is 675. The SMILES string of the molecule is N#Cc1cc(NC(=O)Cc2ccc(N)cc2)ccc1F. The predicted octanol–water partition coefficient (Wildman–Crippen LogP) is 2.46. The monoisotopic (exact) mass is 269 g/mol. The molecule has 0 fully saturated rings. The van der Waals surface area contributed by atoms with E-state index in [4.69, 9.17) is 11.0 Å². The van der Waals surface area contributed by atoms with Gasteiger partial charge in [-0.1, -0.05) is 12.1 Å². The minimum absolute atomic E-state index is 0.102. The van der Waals surface area contributed by atoms with E-state index < -0.39 is 5.82 Å². The Morgan fingerprint density at radius 1 is 1.25 bits per heavy atom. The standard InChI is InChI=1S/C15H12FN3O/c16-14-6-5-13(8-11(14)9-17)19-15(20)7-10-1-3-12(18)4-2-10/h1-6,8H,7,18H2,(H,19,20). The third-order valence-electron chi connectivity index (χ3n) is 2.71. The zero-order chi connectivity index (χ0) is 14.5. The number of halogens is 1. The molecule has 1 amide bonds. The van der Waals surface area contributed by atoms with Crippen molar-refractivity contribution < 1.29 is 9.18 Å². The van der Waals surface area contributed by atoms with Crippen LogP contribution in [0, 0.1) is 17.1 Å². The lowest BCUT2D eigenvalue weighted by atomic mass is 10.1. The Balaban J connectivity index is 2.05. The quantitative estimate of drug-likeness (QED) is 0.840. The van der Waals surface area contributed by atoms with Crippen LogP contribution in [0.2, 0.25) is 0 Å². The summed E-state index contributed by atoms with van der Waals surface area (Å²) in [7, 11) is 0. The lowest BCUT2D eigenvalue weighted by molar-refractivity contribution is -0.115. The molecule has 0 saturated heterocycles. The molecule has 0 aliphatic heterocycles. The average Bonchev–Trinajstić information content (AvgIpc) is 2.43. The Morgan fingerprint density at radius 2 is 1.95 bits per heavy atom. The van der Waals surface area contributed by atoms with E-state index in [9.17, 15) is 9.18 Å². The zero-order valence-electron chi connectivity index (χ0n) is 10.6. The lowest BCUT2D eigenvalue weighted by Crippen LogP contribution is -2.14. The molecule has 0 aliphatic rings. The van der Waals surface area contributed by atoms with Gasteiger partial charge in [-0.05, 0) is 35.9 Å². The summed E-state index contributed by atoms with van der Waals surface area (Å²) in [6.07, 6.45) is 0.180. The molecule has 2 aromatic rings. The highest BCUT2D eigenvalue weighted by Crippen LogP contribution is 2.14. The maximum absolute atomic E-state index is 13.1. The number of hydrogen-bond acceptors (Lipinski definition) is 3. The number of nitrogen functional groups attached to an aromatic ring is 1. The third kappa shape index (κ3) is 3.33. The highest BCUT2D eigenvalue weighted by atomic mass is 19.1. The lowest BCUT2D eigenvalue weighted by Gasteiger charge is -2.06. The van der Waals surface area contributed by atoms with Gasteiger partial charge in [-0.2, -0.15) is 5.26 Å². The van der Waals surface area contributed by atoms with Crippen LogP contribution in [0.25, 0.3) is 0 Å². The number of carbonyl (C=O) groups excluding carboxylic acids is 1. The Kier molecular flexibility index (Phi) is 3.96. The normalized spacial score (nSPS) is 9.80. The second-order valence-electron chi connectivity index (χ2n) is 4.27. The molecular weight excluding hydrogens is 257 g/mol. The summed E-state index contributed by atoms with van der Waals surface area (Å²) >= 11 is 0. The first-order valence-corrected chi connectivity index (χ1v) is 5.92. The summed E-state index contributed by atoms with van der Waals surface area (Å²) in [5.74, 6) is -0.852.